The third-order valence-electron chi connectivity index (χ3n) is 3.35. The van der Waals surface area contributed by atoms with Gasteiger partial charge in [0.15, 0.2) is 0 Å². The molecule has 0 atom stereocenters. The summed E-state index contributed by atoms with van der Waals surface area (Å²) in [7, 11) is 0. The van der Waals surface area contributed by atoms with Crippen LogP contribution in [0.1, 0.15) is 24.1 Å². The smallest absolute Gasteiger partial charge is 0.147 e. The van der Waals surface area contributed by atoms with Gasteiger partial charge in [-0.1, -0.05) is 23.2 Å². The number of rotatable bonds is 5. The highest BCUT2D eigenvalue weighted by atomic mass is 35.5. The SMILES string of the molecule is Cc1cc(Oc2cc(Cl)ccc2Cl)c(CNC2CC2)cn1. The van der Waals surface area contributed by atoms with Gasteiger partial charge in [-0.05, 0) is 31.9 Å². The maximum absolute atomic E-state index is 6.16. The number of nitrogens with zero attached hydrogens (tertiary/aromatic N) is 1. The van der Waals surface area contributed by atoms with Gasteiger partial charge in [0.05, 0.1) is 5.02 Å². The maximum Gasteiger partial charge on any atom is 0.147 e. The lowest BCUT2D eigenvalue weighted by molar-refractivity contribution is 0.471. The normalized spacial score (nSPS) is 14.2. The van der Waals surface area contributed by atoms with Crippen molar-refractivity contribution in [1.29, 1.82) is 0 Å². The van der Waals surface area contributed by atoms with Crippen molar-refractivity contribution in [3.63, 3.8) is 0 Å². The number of ether oxygens (including phenoxy) is 1. The summed E-state index contributed by atoms with van der Waals surface area (Å²) in [5.74, 6) is 1.32. The number of aromatic nitrogens is 1. The number of aryl methyl sites for hydroxylation is 1. The Kier molecular flexibility index (Phi) is 4.34. The van der Waals surface area contributed by atoms with Crippen LogP contribution < -0.4 is 10.1 Å². The molecule has 1 aromatic heterocycles. The Hall–Kier alpha value is -1.29. The molecule has 21 heavy (non-hydrogen) atoms. The molecule has 3 nitrogen and oxygen atoms in total. The topological polar surface area (TPSA) is 34.1 Å². The lowest BCUT2D eigenvalue weighted by Gasteiger charge is -2.13. The van der Waals surface area contributed by atoms with Crippen molar-refractivity contribution in [2.24, 2.45) is 0 Å². The van der Waals surface area contributed by atoms with Gasteiger partial charge in [-0.3, -0.25) is 4.98 Å². The van der Waals surface area contributed by atoms with Gasteiger partial charge in [0, 0.05) is 47.2 Å². The van der Waals surface area contributed by atoms with E-state index in [2.05, 4.69) is 10.3 Å². The number of pyridine rings is 1. The van der Waals surface area contributed by atoms with Gasteiger partial charge in [-0.2, -0.15) is 0 Å². The lowest BCUT2D eigenvalue weighted by atomic mass is 10.2. The molecule has 1 saturated carbocycles. The molecule has 0 spiro atoms. The summed E-state index contributed by atoms with van der Waals surface area (Å²) >= 11 is 12.2. The van der Waals surface area contributed by atoms with E-state index in [-0.39, 0.29) is 0 Å². The summed E-state index contributed by atoms with van der Waals surface area (Å²) in [5.41, 5.74) is 1.92. The number of hydrogen-bond acceptors (Lipinski definition) is 3. The second-order valence-corrected chi connectivity index (χ2v) is 6.11. The minimum Gasteiger partial charge on any atom is -0.455 e. The Morgan fingerprint density at radius 2 is 2.05 bits per heavy atom. The molecule has 0 radical (unpaired) electrons. The first-order valence-corrected chi connectivity index (χ1v) is 7.69. The highest BCUT2D eigenvalue weighted by molar-refractivity contribution is 6.34. The van der Waals surface area contributed by atoms with Crippen molar-refractivity contribution in [3.05, 3.63) is 51.8 Å². The van der Waals surface area contributed by atoms with Gasteiger partial charge < -0.3 is 10.1 Å². The van der Waals surface area contributed by atoms with Gasteiger partial charge in [0.2, 0.25) is 0 Å². The standard InChI is InChI=1S/C16H16Cl2N2O/c1-10-6-15(11(8-19-10)9-20-13-3-4-13)21-16-7-12(17)2-5-14(16)18/h2,5-8,13,20H,3-4,9H2,1H3. The molecule has 0 saturated heterocycles. The van der Waals surface area contributed by atoms with Crippen molar-refractivity contribution in [3.8, 4) is 11.5 Å². The van der Waals surface area contributed by atoms with E-state index in [1.54, 1.807) is 18.2 Å². The van der Waals surface area contributed by atoms with E-state index < -0.39 is 0 Å². The zero-order chi connectivity index (χ0) is 14.8. The average molecular weight is 323 g/mol. The predicted molar refractivity (Wildman–Crippen MR) is 85.4 cm³/mol. The lowest BCUT2D eigenvalue weighted by Crippen LogP contribution is -2.16. The minimum absolute atomic E-state index is 0.537. The fourth-order valence-electron chi connectivity index (χ4n) is 2.01. The fraction of sp³-hybridized carbons (Fsp3) is 0.312. The van der Waals surface area contributed by atoms with Crippen molar-refractivity contribution in [2.75, 3.05) is 0 Å². The summed E-state index contributed by atoms with van der Waals surface area (Å²) in [6.07, 6.45) is 4.34. The zero-order valence-electron chi connectivity index (χ0n) is 11.7. The molecule has 1 fully saturated rings. The number of halogens is 2. The molecule has 110 valence electrons. The Morgan fingerprint density at radius 3 is 2.81 bits per heavy atom. The van der Waals surface area contributed by atoms with Crippen LogP contribution in [0, 0.1) is 6.92 Å². The van der Waals surface area contributed by atoms with E-state index in [9.17, 15) is 0 Å². The predicted octanol–water partition coefficient (Wildman–Crippen LogP) is 4.74. The van der Waals surface area contributed by atoms with Crippen LogP contribution in [0.4, 0.5) is 0 Å². The molecule has 1 heterocycles. The Morgan fingerprint density at radius 1 is 1.24 bits per heavy atom. The van der Waals surface area contributed by atoms with Crippen molar-refractivity contribution in [2.45, 2.75) is 32.4 Å². The van der Waals surface area contributed by atoms with E-state index in [4.69, 9.17) is 27.9 Å². The summed E-state index contributed by atoms with van der Waals surface area (Å²) in [6.45, 7) is 2.68. The van der Waals surface area contributed by atoms with Crippen LogP contribution in [0.3, 0.4) is 0 Å². The highest BCUT2D eigenvalue weighted by Gasteiger charge is 2.21. The second kappa shape index (κ2) is 6.22. The van der Waals surface area contributed by atoms with Crippen LogP contribution in [0.2, 0.25) is 10.0 Å². The van der Waals surface area contributed by atoms with E-state index in [1.807, 2.05) is 19.2 Å². The molecular formula is C16H16Cl2N2O. The Balaban J connectivity index is 1.85. The molecule has 5 heteroatoms. The van der Waals surface area contributed by atoms with Crippen LogP contribution in [0.15, 0.2) is 30.5 Å². The summed E-state index contributed by atoms with van der Waals surface area (Å²) in [5, 5.41) is 4.60. The summed E-state index contributed by atoms with van der Waals surface area (Å²) in [6, 6.07) is 7.74. The van der Waals surface area contributed by atoms with Crippen LogP contribution in [0.5, 0.6) is 11.5 Å². The van der Waals surface area contributed by atoms with Crippen LogP contribution >= 0.6 is 23.2 Å². The van der Waals surface area contributed by atoms with E-state index in [0.29, 0.717) is 21.8 Å². The number of benzene rings is 1. The first-order chi connectivity index (χ1) is 10.1. The molecule has 1 aliphatic carbocycles. The van der Waals surface area contributed by atoms with Crippen LogP contribution in [0.25, 0.3) is 0 Å². The van der Waals surface area contributed by atoms with E-state index in [0.717, 1.165) is 23.6 Å². The first kappa shape index (κ1) is 14.6. The van der Waals surface area contributed by atoms with Gasteiger partial charge in [0.25, 0.3) is 0 Å². The molecule has 0 bridgehead atoms. The van der Waals surface area contributed by atoms with Gasteiger partial charge in [0.1, 0.15) is 11.5 Å². The average Bonchev–Trinajstić information content (AvgIpc) is 3.26. The summed E-state index contributed by atoms with van der Waals surface area (Å²) in [4.78, 5) is 4.34. The quantitative estimate of drug-likeness (QED) is 0.863. The summed E-state index contributed by atoms with van der Waals surface area (Å²) < 4.78 is 5.96. The van der Waals surface area contributed by atoms with Gasteiger partial charge in [-0.15, -0.1) is 0 Å². The Bertz CT molecular complexity index is 657. The molecule has 3 rings (SSSR count). The number of hydrogen-bond donors (Lipinski definition) is 1. The monoisotopic (exact) mass is 322 g/mol. The largest absolute Gasteiger partial charge is 0.455 e. The first-order valence-electron chi connectivity index (χ1n) is 6.93. The Labute approximate surface area is 134 Å². The minimum atomic E-state index is 0.537. The number of nitrogens with one attached hydrogen (secondary N) is 1. The molecule has 0 amide bonds. The second-order valence-electron chi connectivity index (χ2n) is 5.27. The third-order valence-corrected chi connectivity index (χ3v) is 3.90. The van der Waals surface area contributed by atoms with Crippen LogP contribution in [-0.4, -0.2) is 11.0 Å². The molecule has 2 aromatic rings. The molecule has 1 N–H and O–H groups in total. The third kappa shape index (κ3) is 3.88. The molecule has 1 aromatic carbocycles. The zero-order valence-corrected chi connectivity index (χ0v) is 13.2. The molecular weight excluding hydrogens is 307 g/mol. The van der Waals surface area contributed by atoms with Crippen LogP contribution in [-0.2, 0) is 6.54 Å². The van der Waals surface area contributed by atoms with Crippen molar-refractivity contribution < 1.29 is 4.74 Å². The van der Waals surface area contributed by atoms with E-state index >= 15 is 0 Å². The maximum atomic E-state index is 6.16. The molecule has 0 aliphatic heterocycles. The molecule has 0 unspecified atom stereocenters. The van der Waals surface area contributed by atoms with Crippen molar-refractivity contribution in [1.82, 2.24) is 10.3 Å². The van der Waals surface area contributed by atoms with Crippen molar-refractivity contribution >= 4 is 23.2 Å². The van der Waals surface area contributed by atoms with Gasteiger partial charge in [-0.25, -0.2) is 0 Å². The molecule has 1 aliphatic rings. The van der Waals surface area contributed by atoms with E-state index in [1.165, 1.54) is 12.8 Å². The highest BCUT2D eigenvalue weighted by Crippen LogP contribution is 2.33. The van der Waals surface area contributed by atoms with Gasteiger partial charge >= 0.3 is 0 Å². The fourth-order valence-corrected chi connectivity index (χ4v) is 2.32.